The maximum atomic E-state index is 5.24. The molecule has 0 saturated heterocycles. The van der Waals surface area contributed by atoms with Crippen LogP contribution in [0.15, 0.2) is 30.6 Å². The van der Waals surface area contributed by atoms with Gasteiger partial charge < -0.3 is 14.5 Å². The van der Waals surface area contributed by atoms with Crippen LogP contribution in [0.25, 0.3) is 11.3 Å². The maximum absolute atomic E-state index is 5.24. The second kappa shape index (κ2) is 4.97. The Labute approximate surface area is 104 Å². The van der Waals surface area contributed by atoms with E-state index in [2.05, 4.69) is 9.97 Å². The van der Waals surface area contributed by atoms with E-state index in [0.717, 1.165) is 11.3 Å². The van der Waals surface area contributed by atoms with E-state index < -0.39 is 0 Å². The predicted octanol–water partition coefficient (Wildman–Crippen LogP) is 2.82. The number of ether oxygens (including phenoxy) is 2. The molecule has 1 heterocycles. The monoisotopic (exact) mass is 248 g/mol. The summed E-state index contributed by atoms with van der Waals surface area (Å²) in [6.07, 6.45) is 3.37. The van der Waals surface area contributed by atoms with Crippen molar-refractivity contribution >= 4 is 12.2 Å². The van der Waals surface area contributed by atoms with Crippen molar-refractivity contribution in [2.75, 3.05) is 14.2 Å². The summed E-state index contributed by atoms with van der Waals surface area (Å²) in [6.45, 7) is 0. The van der Waals surface area contributed by atoms with Crippen LogP contribution in [0.5, 0.6) is 11.5 Å². The second-order valence-corrected chi connectivity index (χ2v) is 3.74. The third kappa shape index (κ3) is 2.29. The van der Waals surface area contributed by atoms with Gasteiger partial charge in [-0.15, -0.1) is 0 Å². The largest absolute Gasteiger partial charge is 0.493 e. The summed E-state index contributed by atoms with van der Waals surface area (Å²) in [5.41, 5.74) is 1.62. The normalized spacial score (nSPS) is 10.0. The summed E-state index contributed by atoms with van der Waals surface area (Å²) in [7, 11) is 3.20. The molecule has 0 atom stereocenters. The molecule has 2 aromatic rings. The molecule has 0 bridgehead atoms. The van der Waals surface area contributed by atoms with Gasteiger partial charge in [0.05, 0.1) is 14.2 Å². The van der Waals surface area contributed by atoms with Crippen molar-refractivity contribution in [2.45, 2.75) is 0 Å². The number of benzene rings is 1. The first-order valence-corrected chi connectivity index (χ1v) is 5.43. The standard InChI is InChI=1S/C12H12N2O2S/c1-15-9-4-3-8(7-10(9)16-2)11-12(17)14-6-5-13-11/h3-7H,1-2H3,(H,14,17). The summed E-state index contributed by atoms with van der Waals surface area (Å²) in [5, 5.41) is 0. The third-order valence-electron chi connectivity index (χ3n) is 2.36. The SMILES string of the molecule is COc1ccc(-c2ncc[nH]c2=S)cc1OC. The number of rotatable bonds is 3. The molecule has 0 fully saturated rings. The molecule has 2 rings (SSSR count). The zero-order valence-electron chi connectivity index (χ0n) is 9.56. The van der Waals surface area contributed by atoms with Crippen LogP contribution in [0.4, 0.5) is 0 Å². The van der Waals surface area contributed by atoms with Crippen molar-refractivity contribution in [1.82, 2.24) is 9.97 Å². The molecule has 1 aromatic carbocycles. The van der Waals surface area contributed by atoms with E-state index in [1.807, 2.05) is 18.2 Å². The Balaban J connectivity index is 2.54. The Morgan fingerprint density at radius 1 is 1.18 bits per heavy atom. The maximum Gasteiger partial charge on any atom is 0.161 e. The molecular formula is C12H12N2O2S. The Hall–Kier alpha value is -1.88. The zero-order chi connectivity index (χ0) is 12.3. The molecule has 0 unspecified atom stereocenters. The zero-order valence-corrected chi connectivity index (χ0v) is 10.4. The molecular weight excluding hydrogens is 236 g/mol. The molecule has 88 valence electrons. The Bertz CT molecular complexity index is 581. The van der Waals surface area contributed by atoms with Crippen LogP contribution in [-0.2, 0) is 0 Å². The first kappa shape index (κ1) is 11.6. The molecule has 0 spiro atoms. The number of nitrogens with one attached hydrogen (secondary N) is 1. The van der Waals surface area contributed by atoms with Gasteiger partial charge in [-0.1, -0.05) is 12.2 Å². The van der Waals surface area contributed by atoms with Crippen molar-refractivity contribution < 1.29 is 9.47 Å². The molecule has 0 aliphatic rings. The Kier molecular flexibility index (Phi) is 3.39. The number of aromatic nitrogens is 2. The minimum atomic E-state index is 0.597. The highest BCUT2D eigenvalue weighted by Crippen LogP contribution is 2.31. The number of nitrogens with zero attached hydrogens (tertiary/aromatic N) is 1. The highest BCUT2D eigenvalue weighted by molar-refractivity contribution is 7.71. The highest BCUT2D eigenvalue weighted by atomic mass is 32.1. The first-order chi connectivity index (χ1) is 8.26. The van der Waals surface area contributed by atoms with Crippen LogP contribution in [0.2, 0.25) is 0 Å². The van der Waals surface area contributed by atoms with Gasteiger partial charge in [-0.3, -0.25) is 4.98 Å². The van der Waals surface area contributed by atoms with E-state index in [-0.39, 0.29) is 0 Å². The molecule has 0 saturated carbocycles. The van der Waals surface area contributed by atoms with Gasteiger partial charge in [0, 0.05) is 18.0 Å². The topological polar surface area (TPSA) is 47.1 Å². The lowest BCUT2D eigenvalue weighted by atomic mass is 10.1. The fourth-order valence-corrected chi connectivity index (χ4v) is 1.78. The van der Waals surface area contributed by atoms with Gasteiger partial charge in [0.15, 0.2) is 11.5 Å². The van der Waals surface area contributed by atoms with Crippen LogP contribution in [0, 0.1) is 4.64 Å². The lowest BCUT2D eigenvalue weighted by Gasteiger charge is -2.09. The van der Waals surface area contributed by atoms with Crippen molar-refractivity contribution in [3.63, 3.8) is 0 Å². The highest BCUT2D eigenvalue weighted by Gasteiger charge is 2.07. The number of methoxy groups -OCH3 is 2. The predicted molar refractivity (Wildman–Crippen MR) is 68.0 cm³/mol. The van der Waals surface area contributed by atoms with Gasteiger partial charge in [-0.2, -0.15) is 0 Å². The molecule has 0 amide bonds. The van der Waals surface area contributed by atoms with Gasteiger partial charge in [0.2, 0.25) is 0 Å². The third-order valence-corrected chi connectivity index (χ3v) is 2.68. The lowest BCUT2D eigenvalue weighted by molar-refractivity contribution is 0.355. The van der Waals surface area contributed by atoms with E-state index >= 15 is 0 Å². The number of aromatic amines is 1. The fourth-order valence-electron chi connectivity index (χ4n) is 1.54. The van der Waals surface area contributed by atoms with E-state index in [1.165, 1.54) is 0 Å². The smallest absolute Gasteiger partial charge is 0.161 e. The molecule has 17 heavy (non-hydrogen) atoms. The molecule has 4 nitrogen and oxygen atoms in total. The van der Waals surface area contributed by atoms with E-state index in [1.54, 1.807) is 26.6 Å². The average Bonchev–Trinajstić information content (AvgIpc) is 2.38. The van der Waals surface area contributed by atoms with Crippen LogP contribution in [0.1, 0.15) is 0 Å². The van der Waals surface area contributed by atoms with Crippen LogP contribution in [0.3, 0.4) is 0 Å². The van der Waals surface area contributed by atoms with Gasteiger partial charge in [-0.05, 0) is 18.2 Å². The molecule has 1 aromatic heterocycles. The van der Waals surface area contributed by atoms with Crippen molar-refractivity contribution in [2.24, 2.45) is 0 Å². The Morgan fingerprint density at radius 2 is 1.94 bits per heavy atom. The van der Waals surface area contributed by atoms with Gasteiger partial charge in [0.25, 0.3) is 0 Å². The molecule has 0 aliphatic heterocycles. The Morgan fingerprint density at radius 3 is 2.59 bits per heavy atom. The fraction of sp³-hybridized carbons (Fsp3) is 0.167. The van der Waals surface area contributed by atoms with Crippen LogP contribution in [-0.4, -0.2) is 24.2 Å². The van der Waals surface area contributed by atoms with Gasteiger partial charge in [-0.25, -0.2) is 0 Å². The van der Waals surface area contributed by atoms with Crippen molar-refractivity contribution in [3.8, 4) is 22.8 Å². The summed E-state index contributed by atoms with van der Waals surface area (Å²) >= 11 is 5.18. The average molecular weight is 248 g/mol. The van der Waals surface area contributed by atoms with Gasteiger partial charge in [0.1, 0.15) is 10.3 Å². The first-order valence-electron chi connectivity index (χ1n) is 5.02. The molecule has 5 heteroatoms. The van der Waals surface area contributed by atoms with Crippen LogP contribution < -0.4 is 9.47 Å². The van der Waals surface area contributed by atoms with Crippen LogP contribution >= 0.6 is 12.2 Å². The molecule has 0 aliphatic carbocycles. The minimum Gasteiger partial charge on any atom is -0.493 e. The molecule has 0 radical (unpaired) electrons. The summed E-state index contributed by atoms with van der Waals surface area (Å²) in [4.78, 5) is 7.19. The number of hydrogen-bond acceptors (Lipinski definition) is 4. The second-order valence-electron chi connectivity index (χ2n) is 3.34. The van der Waals surface area contributed by atoms with E-state index in [0.29, 0.717) is 16.1 Å². The quantitative estimate of drug-likeness (QED) is 0.848. The summed E-state index contributed by atoms with van der Waals surface area (Å²) < 4.78 is 11.0. The summed E-state index contributed by atoms with van der Waals surface area (Å²) in [6, 6.07) is 5.58. The minimum absolute atomic E-state index is 0.597. The summed E-state index contributed by atoms with van der Waals surface area (Å²) in [5.74, 6) is 1.34. The van der Waals surface area contributed by atoms with Crippen molar-refractivity contribution in [1.29, 1.82) is 0 Å². The number of H-pyrrole nitrogens is 1. The van der Waals surface area contributed by atoms with Crippen molar-refractivity contribution in [3.05, 3.63) is 35.2 Å². The number of hydrogen-bond donors (Lipinski definition) is 1. The molecule has 1 N–H and O–H groups in total. The lowest BCUT2D eigenvalue weighted by Crippen LogP contribution is -1.92. The van der Waals surface area contributed by atoms with E-state index in [4.69, 9.17) is 21.7 Å². The van der Waals surface area contributed by atoms with E-state index in [9.17, 15) is 0 Å². The van der Waals surface area contributed by atoms with Gasteiger partial charge >= 0.3 is 0 Å².